The van der Waals surface area contributed by atoms with Crippen LogP contribution in [0, 0.1) is 5.92 Å². The first-order valence-corrected chi connectivity index (χ1v) is 7.65. The fourth-order valence-electron chi connectivity index (χ4n) is 3.00. The Morgan fingerprint density at radius 3 is 2.10 bits per heavy atom. The molecule has 0 heterocycles. The average molecular weight is 282 g/mol. The van der Waals surface area contributed by atoms with E-state index in [4.69, 9.17) is 0 Å². The molecular weight excluding hydrogens is 256 g/mol. The summed E-state index contributed by atoms with van der Waals surface area (Å²) in [5, 5.41) is 3.46. The van der Waals surface area contributed by atoms with Gasteiger partial charge in [-0.25, -0.2) is 0 Å². The van der Waals surface area contributed by atoms with Crippen LogP contribution in [0.25, 0.3) is 0 Å². The minimum absolute atomic E-state index is 0.393. The van der Waals surface area contributed by atoms with Crippen LogP contribution in [-0.4, -0.2) is 25.5 Å². The van der Waals surface area contributed by atoms with Crippen LogP contribution >= 0.6 is 0 Å². The maximum absolute atomic E-state index is 3.46. The summed E-state index contributed by atoms with van der Waals surface area (Å²) in [6.45, 7) is 4.38. The van der Waals surface area contributed by atoms with Crippen molar-refractivity contribution in [3.63, 3.8) is 0 Å². The highest BCUT2D eigenvalue weighted by Gasteiger charge is 2.18. The predicted octanol–water partition coefficient (Wildman–Crippen LogP) is 3.72. The molecule has 0 saturated carbocycles. The summed E-state index contributed by atoms with van der Waals surface area (Å²) >= 11 is 0. The average Bonchev–Trinajstić information content (AvgIpc) is 2.50. The van der Waals surface area contributed by atoms with E-state index in [1.54, 1.807) is 0 Å². The second kappa shape index (κ2) is 7.96. The zero-order valence-corrected chi connectivity index (χ0v) is 13.3. The van der Waals surface area contributed by atoms with Crippen molar-refractivity contribution < 1.29 is 0 Å². The van der Waals surface area contributed by atoms with E-state index in [0.717, 1.165) is 13.1 Å². The summed E-state index contributed by atoms with van der Waals surface area (Å²) in [5.41, 5.74) is 2.73. The van der Waals surface area contributed by atoms with Crippen molar-refractivity contribution in [1.82, 2.24) is 10.2 Å². The molecule has 0 spiro atoms. The number of benzene rings is 2. The second-order valence-corrected chi connectivity index (χ2v) is 5.84. The van der Waals surface area contributed by atoms with Gasteiger partial charge in [-0.3, -0.25) is 0 Å². The summed E-state index contributed by atoms with van der Waals surface area (Å²) in [6, 6.07) is 21.7. The molecule has 0 radical (unpaired) electrons. The molecule has 2 nitrogen and oxygen atoms in total. The van der Waals surface area contributed by atoms with Gasteiger partial charge in [0.15, 0.2) is 0 Å². The van der Waals surface area contributed by atoms with Crippen molar-refractivity contribution in [2.45, 2.75) is 19.5 Å². The number of hydrogen-bond acceptors (Lipinski definition) is 2. The highest BCUT2D eigenvalue weighted by atomic mass is 15.1. The normalized spacial score (nSPS) is 14.1. The van der Waals surface area contributed by atoms with E-state index < -0.39 is 0 Å². The van der Waals surface area contributed by atoms with Gasteiger partial charge in [-0.2, -0.15) is 0 Å². The van der Waals surface area contributed by atoms with Crippen LogP contribution in [0.1, 0.15) is 24.1 Å². The largest absolute Gasteiger partial charge is 0.313 e. The van der Waals surface area contributed by atoms with Gasteiger partial charge in [0.05, 0.1) is 0 Å². The van der Waals surface area contributed by atoms with Gasteiger partial charge >= 0.3 is 0 Å². The molecule has 112 valence electrons. The van der Waals surface area contributed by atoms with E-state index in [1.807, 2.05) is 7.05 Å². The summed E-state index contributed by atoms with van der Waals surface area (Å²) in [7, 11) is 4.24. The maximum atomic E-state index is 3.46. The van der Waals surface area contributed by atoms with Crippen LogP contribution in [0.15, 0.2) is 60.7 Å². The van der Waals surface area contributed by atoms with Crippen LogP contribution < -0.4 is 5.32 Å². The molecule has 2 aromatic carbocycles. The van der Waals surface area contributed by atoms with Crippen molar-refractivity contribution in [2.75, 3.05) is 20.6 Å². The van der Waals surface area contributed by atoms with Gasteiger partial charge in [-0.05, 0) is 31.1 Å². The maximum Gasteiger partial charge on any atom is 0.0355 e. The van der Waals surface area contributed by atoms with Gasteiger partial charge in [-0.15, -0.1) is 0 Å². The molecule has 2 rings (SSSR count). The van der Waals surface area contributed by atoms with Crippen molar-refractivity contribution in [3.8, 4) is 0 Å². The van der Waals surface area contributed by atoms with Crippen LogP contribution in [0.3, 0.4) is 0 Å². The first-order valence-electron chi connectivity index (χ1n) is 7.65. The summed E-state index contributed by atoms with van der Waals surface area (Å²) < 4.78 is 0. The lowest BCUT2D eigenvalue weighted by molar-refractivity contribution is 0.245. The van der Waals surface area contributed by atoms with Gasteiger partial charge in [0.2, 0.25) is 0 Å². The first-order chi connectivity index (χ1) is 10.2. The zero-order valence-electron chi connectivity index (χ0n) is 13.3. The van der Waals surface area contributed by atoms with Crippen LogP contribution in [0.4, 0.5) is 0 Å². The minimum Gasteiger partial charge on any atom is -0.313 e. The fourth-order valence-corrected chi connectivity index (χ4v) is 3.00. The van der Waals surface area contributed by atoms with Gasteiger partial charge in [0, 0.05) is 19.1 Å². The van der Waals surface area contributed by atoms with Gasteiger partial charge < -0.3 is 10.2 Å². The van der Waals surface area contributed by atoms with Crippen LogP contribution in [0.5, 0.6) is 0 Å². The molecule has 0 amide bonds. The topological polar surface area (TPSA) is 15.3 Å². The quantitative estimate of drug-likeness (QED) is 0.832. The second-order valence-electron chi connectivity index (χ2n) is 5.84. The molecule has 0 aliphatic rings. The van der Waals surface area contributed by atoms with E-state index in [1.165, 1.54) is 11.1 Å². The molecule has 0 aliphatic carbocycles. The third kappa shape index (κ3) is 4.69. The van der Waals surface area contributed by atoms with Crippen LogP contribution in [-0.2, 0) is 6.54 Å². The number of nitrogens with zero attached hydrogens (tertiary/aromatic N) is 1. The fraction of sp³-hybridized carbons (Fsp3) is 0.368. The Morgan fingerprint density at radius 2 is 1.52 bits per heavy atom. The SMILES string of the molecule is CNC(c1ccccc1)C(C)CN(C)Cc1ccccc1. The molecular formula is C19H26N2. The highest BCUT2D eigenvalue weighted by molar-refractivity contribution is 5.19. The Morgan fingerprint density at radius 1 is 0.952 bits per heavy atom. The summed E-state index contributed by atoms with van der Waals surface area (Å²) in [6.07, 6.45) is 0. The zero-order chi connectivity index (χ0) is 15.1. The molecule has 2 aromatic rings. The molecule has 0 saturated heterocycles. The number of rotatable bonds is 7. The Balaban J connectivity index is 1.94. The third-order valence-electron chi connectivity index (χ3n) is 3.93. The van der Waals surface area contributed by atoms with Crippen LogP contribution in [0.2, 0.25) is 0 Å². The molecule has 0 bridgehead atoms. The monoisotopic (exact) mass is 282 g/mol. The Labute approximate surface area is 128 Å². The van der Waals surface area contributed by atoms with Gasteiger partial charge in [0.1, 0.15) is 0 Å². The van der Waals surface area contributed by atoms with E-state index >= 15 is 0 Å². The molecule has 0 fully saturated rings. The standard InChI is InChI=1S/C19H26N2/c1-16(19(20-2)18-12-8-5-9-13-18)14-21(3)15-17-10-6-4-7-11-17/h4-13,16,19-20H,14-15H2,1-3H3. The molecule has 21 heavy (non-hydrogen) atoms. The highest BCUT2D eigenvalue weighted by Crippen LogP contribution is 2.22. The van der Waals surface area contributed by atoms with E-state index in [2.05, 4.69) is 84.9 Å². The summed E-state index contributed by atoms with van der Waals surface area (Å²) in [4.78, 5) is 2.40. The molecule has 2 atom stereocenters. The van der Waals surface area contributed by atoms with E-state index in [0.29, 0.717) is 12.0 Å². The first kappa shape index (κ1) is 15.7. The minimum atomic E-state index is 0.393. The smallest absolute Gasteiger partial charge is 0.0355 e. The Bertz CT molecular complexity index is 510. The predicted molar refractivity (Wildman–Crippen MR) is 90.2 cm³/mol. The number of nitrogens with one attached hydrogen (secondary N) is 1. The molecule has 1 N–H and O–H groups in total. The Kier molecular flexibility index (Phi) is 5.97. The summed E-state index contributed by atoms with van der Waals surface area (Å²) in [5.74, 6) is 0.547. The van der Waals surface area contributed by atoms with E-state index in [9.17, 15) is 0 Å². The number of hydrogen-bond donors (Lipinski definition) is 1. The Hall–Kier alpha value is -1.64. The van der Waals surface area contributed by atoms with Gasteiger partial charge in [0.25, 0.3) is 0 Å². The molecule has 0 aromatic heterocycles. The lowest BCUT2D eigenvalue weighted by atomic mass is 9.94. The van der Waals surface area contributed by atoms with Crippen molar-refractivity contribution >= 4 is 0 Å². The van der Waals surface area contributed by atoms with E-state index in [-0.39, 0.29) is 0 Å². The van der Waals surface area contributed by atoms with Crippen molar-refractivity contribution in [1.29, 1.82) is 0 Å². The molecule has 0 aliphatic heterocycles. The van der Waals surface area contributed by atoms with Crippen molar-refractivity contribution in [3.05, 3.63) is 71.8 Å². The van der Waals surface area contributed by atoms with Gasteiger partial charge in [-0.1, -0.05) is 67.6 Å². The molecule has 2 unspecified atom stereocenters. The molecule has 2 heteroatoms. The lowest BCUT2D eigenvalue weighted by Gasteiger charge is -2.28. The third-order valence-corrected chi connectivity index (χ3v) is 3.93. The van der Waals surface area contributed by atoms with Crippen molar-refractivity contribution in [2.24, 2.45) is 5.92 Å². The lowest BCUT2D eigenvalue weighted by Crippen LogP contribution is -2.32.